The highest BCUT2D eigenvalue weighted by Crippen LogP contribution is 2.36. The zero-order valence-electron chi connectivity index (χ0n) is 26.9. The number of benzene rings is 3. The van der Waals surface area contributed by atoms with E-state index in [1.807, 2.05) is 50.2 Å². The minimum Gasteiger partial charge on any atom is -0.465 e. The number of amides is 1. The van der Waals surface area contributed by atoms with Crippen LogP contribution in [0.2, 0.25) is 0 Å². The van der Waals surface area contributed by atoms with E-state index < -0.39 is 33.7 Å². The van der Waals surface area contributed by atoms with Gasteiger partial charge in [0, 0.05) is 25.7 Å². The first-order valence-electron chi connectivity index (χ1n) is 15.5. The van der Waals surface area contributed by atoms with E-state index in [4.69, 9.17) is 19.5 Å². The van der Waals surface area contributed by atoms with E-state index in [2.05, 4.69) is 15.6 Å². The molecule has 0 saturated carbocycles. The number of aliphatic hydroxyl groups is 1. The number of nitrogens with one attached hydrogen (secondary N) is 2. The quantitative estimate of drug-likeness (QED) is 0.0735. The number of fused-ring (bicyclic) bond motifs is 1. The Morgan fingerprint density at radius 1 is 1.06 bits per heavy atom. The van der Waals surface area contributed by atoms with Crippen LogP contribution in [0.15, 0.2) is 88.8 Å². The predicted octanol–water partition coefficient (Wildman–Crippen LogP) is 4.35. The molecule has 1 aliphatic heterocycles. The molecule has 4 rings (SSSR count). The number of aliphatic hydroxyl groups excluding tert-OH is 1. The fraction of sp³-hybridized carbons (Fsp3) is 0.382. The van der Waals surface area contributed by atoms with Gasteiger partial charge in [0.2, 0.25) is 23.0 Å². The summed E-state index contributed by atoms with van der Waals surface area (Å²) in [6.07, 6.45) is 1.18. The number of para-hydroxylation sites is 1. The Bertz CT molecular complexity index is 1680. The molecule has 0 aromatic heterocycles. The van der Waals surface area contributed by atoms with Gasteiger partial charge in [-0.25, -0.2) is 13.2 Å². The number of ether oxygens (including phenoxy) is 3. The lowest BCUT2D eigenvalue weighted by molar-refractivity contribution is 0.0903. The predicted molar refractivity (Wildman–Crippen MR) is 178 cm³/mol. The molecule has 0 unspecified atom stereocenters. The highest BCUT2D eigenvalue weighted by atomic mass is 32.2. The van der Waals surface area contributed by atoms with Gasteiger partial charge in [-0.3, -0.25) is 0 Å². The maximum atomic E-state index is 14.1. The Morgan fingerprint density at radius 2 is 1.75 bits per heavy atom. The third-order valence-electron chi connectivity index (χ3n) is 7.71. The second-order valence-electron chi connectivity index (χ2n) is 12.1. The summed E-state index contributed by atoms with van der Waals surface area (Å²) in [6.45, 7) is 4.00. The summed E-state index contributed by atoms with van der Waals surface area (Å²) < 4.78 is 45.9. The monoisotopic (exact) mass is 679 g/mol. The third kappa shape index (κ3) is 10.6. The average Bonchev–Trinajstić information content (AvgIpc) is 3.53. The van der Waals surface area contributed by atoms with Gasteiger partial charge in [-0.2, -0.15) is 9.57 Å². The lowest BCUT2D eigenvalue weighted by Crippen LogP contribution is -2.51. The lowest BCUT2D eigenvalue weighted by Gasteiger charge is -2.35. The summed E-state index contributed by atoms with van der Waals surface area (Å²) in [6, 6.07) is 21.5. The number of nitrogens with zero attached hydrogens (tertiary/aromatic N) is 3. The Hall–Kier alpha value is -4.84. The van der Waals surface area contributed by atoms with Gasteiger partial charge in [-0.1, -0.05) is 68.8 Å². The molecular weight excluding hydrogens is 638 g/mol. The van der Waals surface area contributed by atoms with Crippen LogP contribution in [0.5, 0.6) is 17.2 Å². The number of nitriles is 1. The minimum atomic E-state index is -4.18. The van der Waals surface area contributed by atoms with Crippen LogP contribution in [0.3, 0.4) is 0 Å². The molecule has 1 amide bonds. The molecule has 48 heavy (non-hydrogen) atoms. The van der Waals surface area contributed by atoms with Crippen molar-refractivity contribution in [3.8, 4) is 23.4 Å². The van der Waals surface area contributed by atoms with E-state index in [1.54, 1.807) is 30.5 Å². The molecule has 14 heteroatoms. The van der Waals surface area contributed by atoms with E-state index in [0.717, 1.165) is 5.56 Å². The number of unbranched alkanes of at least 4 members (excludes halogenated alkanes) is 1. The molecule has 1 heterocycles. The number of amidine groups is 1. The molecule has 0 bridgehead atoms. The number of carboxylic acid groups (broad SMARTS) is 1. The largest absolute Gasteiger partial charge is 0.465 e. The Morgan fingerprint density at radius 3 is 2.44 bits per heavy atom. The van der Waals surface area contributed by atoms with Crippen molar-refractivity contribution in [1.29, 1.82) is 5.26 Å². The molecule has 3 aromatic carbocycles. The fourth-order valence-corrected chi connectivity index (χ4v) is 6.97. The van der Waals surface area contributed by atoms with Gasteiger partial charge in [0.1, 0.15) is 5.75 Å². The lowest BCUT2D eigenvalue weighted by atomic mass is 9.87. The topological polar surface area (TPSA) is 183 Å². The van der Waals surface area contributed by atoms with Crippen LogP contribution in [0, 0.1) is 16.9 Å². The molecule has 13 nitrogen and oxygen atoms in total. The smallest absolute Gasteiger partial charge is 0.404 e. The van der Waals surface area contributed by atoms with Gasteiger partial charge < -0.3 is 35.1 Å². The molecule has 0 radical (unpaired) electrons. The van der Waals surface area contributed by atoms with Crippen molar-refractivity contribution in [2.24, 2.45) is 10.4 Å². The molecule has 4 N–H and O–H groups in total. The molecule has 3 aromatic rings. The summed E-state index contributed by atoms with van der Waals surface area (Å²) in [5.41, 5.74) is 0.231. The first-order valence-corrected chi connectivity index (χ1v) is 17.0. The molecule has 1 aliphatic rings. The summed E-state index contributed by atoms with van der Waals surface area (Å²) in [5, 5.41) is 35.3. The summed E-state index contributed by atoms with van der Waals surface area (Å²) >= 11 is 0. The molecule has 0 saturated heterocycles. The highest BCUT2D eigenvalue weighted by Gasteiger charge is 2.35. The Kier molecular flexibility index (Phi) is 12.6. The van der Waals surface area contributed by atoms with E-state index in [1.165, 1.54) is 22.5 Å². The number of carbonyl (C=O) groups is 1. The van der Waals surface area contributed by atoms with Crippen LogP contribution in [-0.2, 0) is 16.4 Å². The maximum absolute atomic E-state index is 14.1. The van der Waals surface area contributed by atoms with E-state index in [0.29, 0.717) is 43.1 Å². The van der Waals surface area contributed by atoms with Crippen LogP contribution < -0.4 is 24.8 Å². The van der Waals surface area contributed by atoms with Crippen molar-refractivity contribution in [2.45, 2.75) is 56.6 Å². The first kappa shape index (κ1) is 36.0. The van der Waals surface area contributed by atoms with Crippen molar-refractivity contribution in [3.05, 3.63) is 84.4 Å². The van der Waals surface area contributed by atoms with Crippen LogP contribution in [0.1, 0.15) is 38.7 Å². The zero-order valence-corrected chi connectivity index (χ0v) is 27.7. The molecule has 2 atom stereocenters. The number of hydrogen-bond acceptors (Lipinski definition) is 9. The molecule has 0 aliphatic carbocycles. The summed E-state index contributed by atoms with van der Waals surface area (Å²) in [4.78, 5) is 15.3. The maximum Gasteiger partial charge on any atom is 0.404 e. The minimum absolute atomic E-state index is 0.0204. The number of hydrogen-bond donors (Lipinski definition) is 4. The normalized spacial score (nSPS) is 14.2. The van der Waals surface area contributed by atoms with E-state index >= 15 is 0 Å². The SMILES string of the molecule is CC(C)(CCCCNC(=NC#N)Oc1ccccc1)CN(C[C@H](O)[C@H](Cc1ccccc1)NC(=O)O)S(=O)(=O)c1ccc2c(c1)OCO2. The van der Waals surface area contributed by atoms with Gasteiger partial charge in [0.05, 0.1) is 17.0 Å². The molecule has 0 spiro atoms. The second kappa shape index (κ2) is 16.8. The number of sulfonamides is 1. The van der Waals surface area contributed by atoms with E-state index in [-0.39, 0.29) is 37.2 Å². The summed E-state index contributed by atoms with van der Waals surface area (Å²) in [7, 11) is -4.18. The zero-order chi connectivity index (χ0) is 34.6. The molecule has 256 valence electrons. The summed E-state index contributed by atoms with van der Waals surface area (Å²) in [5.74, 6) is 1.27. The second-order valence-corrected chi connectivity index (χ2v) is 14.0. The first-order chi connectivity index (χ1) is 23.0. The van der Waals surface area contributed by atoms with Gasteiger partial charge in [0.15, 0.2) is 11.5 Å². The van der Waals surface area contributed by atoms with E-state index in [9.17, 15) is 23.4 Å². The number of aliphatic imine (C=N–C) groups is 1. The van der Waals surface area contributed by atoms with Crippen molar-refractivity contribution >= 4 is 22.1 Å². The fourth-order valence-electron chi connectivity index (χ4n) is 5.30. The highest BCUT2D eigenvalue weighted by molar-refractivity contribution is 7.89. The van der Waals surface area contributed by atoms with Gasteiger partial charge in [-0.05, 0) is 54.5 Å². The standard InChI is InChI=1S/C34H41N5O8S/c1-34(2,17-9-10-18-36-32(37-23-35)47-26-13-7-4-8-14-26)22-39(48(43,44)27-15-16-30-31(20-27)46-24-45-30)21-29(40)28(38-33(41)42)19-25-11-5-3-6-12-25/h3-8,11-16,20,28-29,38,40H,9-10,17-19,21-22,24H2,1-2H3,(H,36,37)(H,41,42)/t28-,29-/m0/s1. The van der Waals surface area contributed by atoms with Gasteiger partial charge in [-0.15, -0.1) is 4.99 Å². The third-order valence-corrected chi connectivity index (χ3v) is 9.52. The van der Waals surface area contributed by atoms with Crippen molar-refractivity contribution in [3.63, 3.8) is 0 Å². The molecular formula is C34H41N5O8S. The van der Waals surface area contributed by atoms with Crippen molar-refractivity contribution < 1.29 is 37.6 Å². The Balaban J connectivity index is 1.46. The van der Waals surface area contributed by atoms with Gasteiger partial charge in [0.25, 0.3) is 0 Å². The van der Waals surface area contributed by atoms with Gasteiger partial charge >= 0.3 is 12.1 Å². The number of rotatable bonds is 16. The van der Waals surface area contributed by atoms with Crippen molar-refractivity contribution in [1.82, 2.24) is 14.9 Å². The molecule has 0 fully saturated rings. The Labute approximate surface area is 280 Å². The van der Waals surface area contributed by atoms with Crippen LogP contribution in [0.4, 0.5) is 4.79 Å². The van der Waals surface area contributed by atoms with Crippen LogP contribution in [-0.4, -0.2) is 73.6 Å². The van der Waals surface area contributed by atoms with Crippen molar-refractivity contribution in [2.75, 3.05) is 26.4 Å². The van der Waals surface area contributed by atoms with Crippen LogP contribution in [0.25, 0.3) is 0 Å². The average molecular weight is 680 g/mol. The van der Waals surface area contributed by atoms with Crippen LogP contribution >= 0.6 is 0 Å².